The molecule has 314 valence electrons. The molecular weight excluding hydrogens is 799 g/mol. The fraction of sp³-hybridized carbons (Fsp3) is 0.103. The summed E-state index contributed by atoms with van der Waals surface area (Å²) in [5.74, 6) is 0. The first-order valence-electron chi connectivity index (χ1n) is 22.0. The average molecular weight is 845 g/mol. The van der Waals surface area contributed by atoms with Gasteiger partial charge in [0, 0.05) is 56.2 Å². The molecule has 1 N–H and O–H groups in total. The summed E-state index contributed by atoms with van der Waals surface area (Å²) in [6.45, 7) is 7.44. The fourth-order valence-electron chi connectivity index (χ4n) is 8.72. The highest BCUT2D eigenvalue weighted by Crippen LogP contribution is 2.39. The Morgan fingerprint density at radius 2 is 0.815 bits per heavy atom. The lowest BCUT2D eigenvalue weighted by Gasteiger charge is -2.37. The van der Waals surface area contributed by atoms with Crippen molar-refractivity contribution in [1.29, 1.82) is 0 Å². The van der Waals surface area contributed by atoms with Gasteiger partial charge in [-0.15, -0.1) is 0 Å². The monoisotopic (exact) mass is 844 g/mol. The Morgan fingerprint density at radius 3 is 1.25 bits per heavy atom. The molecule has 0 saturated carbocycles. The molecule has 0 atom stereocenters. The van der Waals surface area contributed by atoms with Crippen LogP contribution in [0.4, 0.5) is 0 Å². The lowest BCUT2D eigenvalue weighted by Crippen LogP contribution is -2.49. The fourth-order valence-corrected chi connectivity index (χ4v) is 8.72. The number of aliphatic hydroxyl groups is 1. The van der Waals surface area contributed by atoms with Gasteiger partial charge in [0.15, 0.2) is 0 Å². The Bertz CT molecular complexity index is 3340. The number of benzene rings is 7. The molecule has 0 bridgehead atoms. The van der Waals surface area contributed by atoms with Crippen molar-refractivity contribution in [3.05, 3.63) is 188 Å². The molecule has 4 heterocycles. The van der Waals surface area contributed by atoms with Crippen molar-refractivity contribution in [3.8, 4) is 67.0 Å². The van der Waals surface area contributed by atoms with Crippen LogP contribution in [-0.4, -0.2) is 33.8 Å². The van der Waals surface area contributed by atoms with Crippen molar-refractivity contribution in [3.63, 3.8) is 0 Å². The normalized spacial score (nSPS) is 12.1. The van der Waals surface area contributed by atoms with E-state index >= 15 is 0 Å². The molecule has 11 rings (SSSR count). The summed E-state index contributed by atoms with van der Waals surface area (Å²) in [6, 6.07) is 60.9. The number of hydrogen-bond acceptors (Lipinski definition) is 6. The van der Waals surface area contributed by atoms with E-state index in [1.165, 1.54) is 0 Å². The van der Waals surface area contributed by atoms with Gasteiger partial charge in [0.25, 0.3) is 0 Å². The van der Waals surface area contributed by atoms with Crippen LogP contribution in [0.1, 0.15) is 27.7 Å². The summed E-state index contributed by atoms with van der Waals surface area (Å²) in [7, 11) is 0.307. The predicted octanol–water partition coefficient (Wildman–Crippen LogP) is 13.8. The molecule has 11 aromatic rings. The van der Waals surface area contributed by atoms with Crippen molar-refractivity contribution in [2.24, 2.45) is 0 Å². The van der Waals surface area contributed by atoms with E-state index < -0.39 is 11.2 Å². The summed E-state index contributed by atoms with van der Waals surface area (Å²) >= 11 is 0. The van der Waals surface area contributed by atoms with E-state index in [-0.39, 0.29) is 0 Å². The van der Waals surface area contributed by atoms with Crippen LogP contribution in [0, 0.1) is 0 Å². The lowest BCUT2D eigenvalue weighted by molar-refractivity contribution is -0.0893. The highest BCUT2D eigenvalue weighted by atomic mass is 16.5. The number of aromatic nitrogens is 2. The van der Waals surface area contributed by atoms with Gasteiger partial charge in [-0.3, -0.25) is 9.97 Å². The first-order valence-corrected chi connectivity index (χ1v) is 22.0. The topological polar surface area (TPSA) is 81.5 Å². The van der Waals surface area contributed by atoms with E-state index in [0.29, 0.717) is 7.48 Å². The zero-order chi connectivity index (χ0) is 44.3. The molecular formula is C58H45BN2O4. The van der Waals surface area contributed by atoms with Gasteiger partial charge in [0.05, 0.1) is 22.6 Å². The van der Waals surface area contributed by atoms with Crippen LogP contribution in [0.2, 0.25) is 0 Å². The maximum Gasteiger partial charge on any atom is 0.309 e. The Labute approximate surface area is 378 Å². The second kappa shape index (κ2) is 15.9. The third-order valence-corrected chi connectivity index (χ3v) is 13.0. The summed E-state index contributed by atoms with van der Waals surface area (Å²) in [4.78, 5) is 10.0. The number of hydrogen-bond donors (Lipinski definition) is 1. The molecule has 7 heteroatoms. The van der Waals surface area contributed by atoms with E-state index in [0.717, 1.165) is 116 Å². The minimum Gasteiger partial charge on any atom is -0.456 e. The maximum atomic E-state index is 11.0. The second-order valence-corrected chi connectivity index (χ2v) is 17.9. The maximum absolute atomic E-state index is 11.0. The summed E-state index contributed by atoms with van der Waals surface area (Å²) in [5, 5.41) is 15.4. The number of pyridine rings is 2. The van der Waals surface area contributed by atoms with Gasteiger partial charge in [-0.25, -0.2) is 0 Å². The average Bonchev–Trinajstić information content (AvgIpc) is 3.91. The third kappa shape index (κ3) is 7.49. The Balaban J connectivity index is 0.960. The molecule has 6 nitrogen and oxygen atoms in total. The van der Waals surface area contributed by atoms with Crippen LogP contribution in [0.15, 0.2) is 197 Å². The third-order valence-electron chi connectivity index (χ3n) is 13.0. The van der Waals surface area contributed by atoms with Crippen molar-refractivity contribution >= 4 is 56.8 Å². The zero-order valence-electron chi connectivity index (χ0n) is 36.7. The molecule has 0 fully saturated rings. The molecule has 0 aliphatic carbocycles. The van der Waals surface area contributed by atoms with Crippen molar-refractivity contribution in [2.45, 2.75) is 38.9 Å². The highest BCUT2D eigenvalue weighted by Gasteiger charge is 2.35. The van der Waals surface area contributed by atoms with Crippen LogP contribution in [-0.2, 0) is 4.65 Å². The Kier molecular flexibility index (Phi) is 9.83. The van der Waals surface area contributed by atoms with Gasteiger partial charge in [0.1, 0.15) is 22.3 Å². The van der Waals surface area contributed by atoms with Gasteiger partial charge in [-0.2, -0.15) is 0 Å². The summed E-state index contributed by atoms with van der Waals surface area (Å²) in [6.07, 6.45) is 3.93. The standard InChI is InChI=1S/C58H45BN2O4/c1-57(2,62)58(3,4)65-59-42-30-40(45-15-7-5-13-43(45)38-21-25-51(60-34-38)36-23-27-55-49(32-36)47-17-9-11-19-53(47)63-55)29-41(31-42)46-16-8-6-14-44(46)39-22-26-52(61-35-39)37-24-28-56-50(33-37)48-18-10-12-20-54(48)64-56/h5-35,59,62H,1-4H3. The highest BCUT2D eigenvalue weighted by molar-refractivity contribution is 6.47. The molecule has 0 unspecified atom stereocenters. The predicted molar refractivity (Wildman–Crippen MR) is 267 cm³/mol. The minimum atomic E-state index is -1.05. The van der Waals surface area contributed by atoms with Gasteiger partial charge in [0.2, 0.25) is 0 Å². The van der Waals surface area contributed by atoms with Crippen molar-refractivity contribution in [2.75, 3.05) is 0 Å². The molecule has 4 aromatic heterocycles. The molecule has 65 heavy (non-hydrogen) atoms. The van der Waals surface area contributed by atoms with E-state index in [1.54, 1.807) is 13.8 Å². The zero-order valence-corrected chi connectivity index (χ0v) is 36.7. The van der Waals surface area contributed by atoms with E-state index in [2.05, 4.69) is 127 Å². The van der Waals surface area contributed by atoms with Gasteiger partial charge in [-0.05, 0) is 128 Å². The number of furan rings is 2. The quantitative estimate of drug-likeness (QED) is 0.138. The number of fused-ring (bicyclic) bond motifs is 6. The summed E-state index contributed by atoms with van der Waals surface area (Å²) < 4.78 is 18.7. The van der Waals surface area contributed by atoms with E-state index in [4.69, 9.17) is 23.5 Å². The first-order chi connectivity index (χ1) is 31.6. The van der Waals surface area contributed by atoms with Gasteiger partial charge < -0.3 is 18.6 Å². The van der Waals surface area contributed by atoms with Crippen LogP contribution in [0.5, 0.6) is 0 Å². The largest absolute Gasteiger partial charge is 0.456 e. The molecule has 0 spiro atoms. The Morgan fingerprint density at radius 1 is 0.415 bits per heavy atom. The summed E-state index contributed by atoms with van der Waals surface area (Å²) in [5.41, 5.74) is 14.9. The van der Waals surface area contributed by atoms with Crippen LogP contribution < -0.4 is 5.46 Å². The van der Waals surface area contributed by atoms with E-state index in [9.17, 15) is 5.11 Å². The molecule has 7 aromatic carbocycles. The number of para-hydroxylation sites is 2. The molecule has 0 aliphatic heterocycles. The van der Waals surface area contributed by atoms with Crippen molar-refractivity contribution < 1.29 is 18.6 Å². The molecule has 0 saturated heterocycles. The second-order valence-electron chi connectivity index (χ2n) is 17.9. The number of nitrogens with zero attached hydrogens (tertiary/aromatic N) is 2. The Hall–Kier alpha value is -7.58. The molecule has 0 aliphatic rings. The lowest BCUT2D eigenvalue weighted by atomic mass is 9.79. The molecule has 0 radical (unpaired) electrons. The van der Waals surface area contributed by atoms with Crippen molar-refractivity contribution in [1.82, 2.24) is 9.97 Å². The van der Waals surface area contributed by atoms with Gasteiger partial charge >= 0.3 is 7.48 Å². The SMILES string of the molecule is CC(C)(O)C(C)(C)OBc1cc(-c2ccccc2-c2ccc(-c3ccc4oc5ccccc5c4c3)nc2)cc(-c2ccccc2-c2ccc(-c3ccc4oc5ccccc5c4c3)nc2)c1. The minimum absolute atomic E-state index is 0.307. The van der Waals surface area contributed by atoms with Crippen LogP contribution >= 0.6 is 0 Å². The van der Waals surface area contributed by atoms with E-state index in [1.807, 2.05) is 74.8 Å². The van der Waals surface area contributed by atoms with Crippen LogP contribution in [0.25, 0.3) is 111 Å². The van der Waals surface area contributed by atoms with Crippen LogP contribution in [0.3, 0.4) is 0 Å². The smallest absolute Gasteiger partial charge is 0.309 e. The first kappa shape index (κ1) is 40.2. The number of rotatable bonds is 10. The molecule has 0 amide bonds. The van der Waals surface area contributed by atoms with Gasteiger partial charge in [-0.1, -0.05) is 115 Å².